The number of benzene rings is 1. The number of fused-ring (bicyclic) bond motifs is 1. The van der Waals surface area contributed by atoms with E-state index in [1.807, 2.05) is 31.2 Å². The molecule has 1 aliphatic heterocycles. The molecule has 1 fully saturated rings. The lowest BCUT2D eigenvalue weighted by Crippen LogP contribution is -2.62. The lowest BCUT2D eigenvalue weighted by Gasteiger charge is -2.45. The lowest BCUT2D eigenvalue weighted by atomic mass is 9.91. The Kier molecular flexibility index (Phi) is 3.06. The zero-order valence-corrected chi connectivity index (χ0v) is 11.2. The Labute approximate surface area is 116 Å². The van der Waals surface area contributed by atoms with Crippen LogP contribution >= 0.6 is 0 Å². The van der Waals surface area contributed by atoms with Gasteiger partial charge < -0.3 is 14.4 Å². The van der Waals surface area contributed by atoms with Gasteiger partial charge in [0.1, 0.15) is 5.52 Å². The summed E-state index contributed by atoms with van der Waals surface area (Å²) in [5.41, 5.74) is 0.758. The van der Waals surface area contributed by atoms with Crippen LogP contribution in [-0.2, 0) is 4.79 Å². The summed E-state index contributed by atoms with van der Waals surface area (Å²) in [5.74, 6) is 0.274. The van der Waals surface area contributed by atoms with E-state index >= 15 is 0 Å². The van der Waals surface area contributed by atoms with Crippen molar-refractivity contribution in [3.8, 4) is 0 Å². The van der Waals surface area contributed by atoms with Crippen molar-refractivity contribution in [1.82, 2.24) is 9.88 Å². The number of carbonyl (C=O) groups is 1. The van der Waals surface area contributed by atoms with E-state index in [-0.39, 0.29) is 5.91 Å². The number of hydrogen-bond donors (Lipinski definition) is 1. The van der Waals surface area contributed by atoms with Gasteiger partial charge in [-0.15, -0.1) is 0 Å². The van der Waals surface area contributed by atoms with E-state index in [0.29, 0.717) is 31.0 Å². The van der Waals surface area contributed by atoms with Crippen LogP contribution in [0.2, 0.25) is 0 Å². The van der Waals surface area contributed by atoms with Crippen LogP contribution < -0.4 is 0 Å². The van der Waals surface area contributed by atoms with Crippen LogP contribution in [0.3, 0.4) is 0 Å². The minimum Gasteiger partial charge on any atom is -0.437 e. The topological polar surface area (TPSA) is 66.6 Å². The predicted molar refractivity (Wildman–Crippen MR) is 74.9 cm³/mol. The lowest BCUT2D eigenvalue weighted by molar-refractivity contribution is -0.150. The molecular weight excluding hydrogens is 256 g/mol. The Morgan fingerprint density at radius 2 is 2.25 bits per heavy atom. The summed E-state index contributed by atoms with van der Waals surface area (Å²) in [5, 5.41) is 9.87. The SMILES string of the molecule is CCC1(O)CN(C(=O)C=Cc2nc3ccccc3o2)C1. The van der Waals surface area contributed by atoms with Gasteiger partial charge in [-0.1, -0.05) is 19.1 Å². The van der Waals surface area contributed by atoms with Gasteiger partial charge in [0.05, 0.1) is 18.7 Å². The Morgan fingerprint density at radius 3 is 2.95 bits per heavy atom. The number of β-amino-alcohol motifs (C(OH)–C–C–N with tert-alkyl or cyclic N) is 1. The van der Waals surface area contributed by atoms with Crippen molar-refractivity contribution in [3.63, 3.8) is 0 Å². The van der Waals surface area contributed by atoms with Gasteiger partial charge in [0, 0.05) is 12.2 Å². The number of rotatable bonds is 3. The van der Waals surface area contributed by atoms with Crippen molar-refractivity contribution >= 4 is 23.1 Å². The molecule has 0 radical (unpaired) electrons. The fraction of sp³-hybridized carbons (Fsp3) is 0.333. The minimum atomic E-state index is -0.707. The van der Waals surface area contributed by atoms with Gasteiger partial charge in [-0.3, -0.25) is 4.79 Å². The first kappa shape index (κ1) is 12.9. The summed E-state index contributed by atoms with van der Waals surface area (Å²) in [7, 11) is 0. The third-order valence-electron chi connectivity index (χ3n) is 3.62. The molecule has 0 saturated carbocycles. The number of hydrogen-bond acceptors (Lipinski definition) is 4. The predicted octanol–water partition coefficient (Wildman–Crippen LogP) is 1.82. The van der Waals surface area contributed by atoms with Crippen LogP contribution in [0, 0.1) is 0 Å². The third-order valence-corrected chi connectivity index (χ3v) is 3.62. The fourth-order valence-electron chi connectivity index (χ4n) is 2.25. The molecule has 1 saturated heterocycles. The highest BCUT2D eigenvalue weighted by Crippen LogP contribution is 2.24. The molecule has 0 unspecified atom stereocenters. The number of para-hydroxylation sites is 2. The summed E-state index contributed by atoms with van der Waals surface area (Å²) >= 11 is 0. The van der Waals surface area contributed by atoms with E-state index in [0.717, 1.165) is 5.52 Å². The quantitative estimate of drug-likeness (QED) is 0.866. The van der Waals surface area contributed by atoms with Gasteiger partial charge in [0.25, 0.3) is 0 Å². The Bertz CT molecular complexity index is 636. The average Bonchev–Trinajstić information content (AvgIpc) is 2.84. The first-order valence-corrected chi connectivity index (χ1v) is 6.65. The molecule has 1 amide bonds. The largest absolute Gasteiger partial charge is 0.437 e. The molecular formula is C15H16N2O3. The number of aromatic nitrogens is 1. The normalized spacial score (nSPS) is 17.6. The van der Waals surface area contributed by atoms with Crippen molar-refractivity contribution in [2.45, 2.75) is 18.9 Å². The Balaban J connectivity index is 1.67. The fourth-order valence-corrected chi connectivity index (χ4v) is 2.25. The number of oxazole rings is 1. The summed E-state index contributed by atoms with van der Waals surface area (Å²) < 4.78 is 5.49. The van der Waals surface area contributed by atoms with Crippen LogP contribution in [0.25, 0.3) is 17.2 Å². The van der Waals surface area contributed by atoms with Gasteiger partial charge in [0.2, 0.25) is 11.8 Å². The zero-order valence-electron chi connectivity index (χ0n) is 11.2. The molecule has 1 aromatic carbocycles. The number of nitrogens with zero attached hydrogens (tertiary/aromatic N) is 2. The third kappa shape index (κ3) is 2.32. The van der Waals surface area contributed by atoms with Crippen LogP contribution in [0.15, 0.2) is 34.8 Å². The maximum absolute atomic E-state index is 11.9. The summed E-state index contributed by atoms with van der Waals surface area (Å²) in [6.45, 7) is 2.69. The molecule has 3 rings (SSSR count). The maximum atomic E-state index is 11.9. The number of amides is 1. The van der Waals surface area contributed by atoms with Crippen molar-refractivity contribution in [1.29, 1.82) is 0 Å². The van der Waals surface area contributed by atoms with Gasteiger partial charge in [-0.2, -0.15) is 0 Å². The standard InChI is InChI=1S/C15H16N2O3/c1-2-15(19)9-17(10-15)14(18)8-7-13-16-11-5-3-4-6-12(11)20-13/h3-8,19H,2,9-10H2,1H3. The molecule has 5 nitrogen and oxygen atoms in total. The Hall–Kier alpha value is -2.14. The smallest absolute Gasteiger partial charge is 0.246 e. The second-order valence-corrected chi connectivity index (χ2v) is 5.13. The van der Waals surface area contributed by atoms with Crippen LogP contribution in [-0.4, -0.2) is 39.6 Å². The molecule has 20 heavy (non-hydrogen) atoms. The van der Waals surface area contributed by atoms with Crippen molar-refractivity contribution in [2.75, 3.05) is 13.1 Å². The minimum absolute atomic E-state index is 0.134. The van der Waals surface area contributed by atoms with Crippen LogP contribution in [0.1, 0.15) is 19.2 Å². The molecule has 1 aliphatic rings. The van der Waals surface area contributed by atoms with Gasteiger partial charge in [-0.25, -0.2) is 4.98 Å². The zero-order chi connectivity index (χ0) is 14.2. The average molecular weight is 272 g/mol. The second-order valence-electron chi connectivity index (χ2n) is 5.13. The van der Waals surface area contributed by atoms with Gasteiger partial charge in [0.15, 0.2) is 5.58 Å². The number of likely N-dealkylation sites (tertiary alicyclic amines) is 1. The van der Waals surface area contributed by atoms with E-state index < -0.39 is 5.60 Å². The van der Waals surface area contributed by atoms with E-state index in [1.54, 1.807) is 11.0 Å². The monoisotopic (exact) mass is 272 g/mol. The summed E-state index contributed by atoms with van der Waals surface area (Å²) in [4.78, 5) is 17.7. The summed E-state index contributed by atoms with van der Waals surface area (Å²) in [6.07, 6.45) is 3.65. The molecule has 1 N–H and O–H groups in total. The van der Waals surface area contributed by atoms with Crippen molar-refractivity contribution in [3.05, 3.63) is 36.2 Å². The molecule has 5 heteroatoms. The highest BCUT2D eigenvalue weighted by molar-refractivity contribution is 5.92. The molecule has 0 aliphatic carbocycles. The number of aliphatic hydroxyl groups is 1. The first-order valence-electron chi connectivity index (χ1n) is 6.65. The highest BCUT2D eigenvalue weighted by atomic mass is 16.3. The molecule has 104 valence electrons. The van der Waals surface area contributed by atoms with Gasteiger partial charge >= 0.3 is 0 Å². The molecule has 1 aromatic heterocycles. The second kappa shape index (κ2) is 4.76. The van der Waals surface area contributed by atoms with E-state index in [4.69, 9.17) is 4.42 Å². The van der Waals surface area contributed by atoms with Gasteiger partial charge in [-0.05, 0) is 18.6 Å². The number of carbonyl (C=O) groups excluding carboxylic acids is 1. The summed E-state index contributed by atoms with van der Waals surface area (Å²) in [6, 6.07) is 7.44. The van der Waals surface area contributed by atoms with Crippen LogP contribution in [0.5, 0.6) is 0 Å². The van der Waals surface area contributed by atoms with Crippen LogP contribution in [0.4, 0.5) is 0 Å². The molecule has 0 bridgehead atoms. The molecule has 2 aromatic rings. The Morgan fingerprint density at radius 1 is 1.50 bits per heavy atom. The molecule has 2 heterocycles. The highest BCUT2D eigenvalue weighted by Gasteiger charge is 2.41. The van der Waals surface area contributed by atoms with Crippen molar-refractivity contribution in [2.24, 2.45) is 0 Å². The molecule has 0 atom stereocenters. The van der Waals surface area contributed by atoms with E-state index in [9.17, 15) is 9.90 Å². The maximum Gasteiger partial charge on any atom is 0.246 e. The molecule has 0 spiro atoms. The van der Waals surface area contributed by atoms with Crippen molar-refractivity contribution < 1.29 is 14.3 Å². The van der Waals surface area contributed by atoms with E-state index in [1.165, 1.54) is 6.08 Å². The first-order chi connectivity index (χ1) is 9.59. The van der Waals surface area contributed by atoms with E-state index in [2.05, 4.69) is 4.98 Å².